The monoisotopic (exact) mass is 320 g/mol. The molecule has 1 aliphatic rings. The summed E-state index contributed by atoms with van der Waals surface area (Å²) in [4.78, 5) is 0. The second-order valence-electron chi connectivity index (χ2n) is 4.44. The number of hydrogen-bond acceptors (Lipinski definition) is 3. The van der Waals surface area contributed by atoms with Gasteiger partial charge in [0.2, 0.25) is 0 Å². The van der Waals surface area contributed by atoms with Crippen LogP contribution in [0, 0.1) is 0 Å². The van der Waals surface area contributed by atoms with Crippen molar-refractivity contribution in [3.63, 3.8) is 0 Å². The molecule has 3 rings (SSSR count). The molecule has 0 radical (unpaired) electrons. The molecular formula is C15H13BrO3. The first kappa shape index (κ1) is 12.4. The van der Waals surface area contributed by atoms with Gasteiger partial charge in [0, 0.05) is 22.5 Å². The third-order valence-electron chi connectivity index (χ3n) is 3.04. The number of aromatic hydroxyl groups is 1. The molecule has 0 aliphatic carbocycles. The molecule has 2 aromatic rings. The molecule has 98 valence electrons. The molecule has 3 nitrogen and oxygen atoms in total. The van der Waals surface area contributed by atoms with Crippen LogP contribution in [0.2, 0.25) is 0 Å². The highest BCUT2D eigenvalue weighted by molar-refractivity contribution is 9.10. The molecule has 19 heavy (non-hydrogen) atoms. The van der Waals surface area contributed by atoms with Crippen LogP contribution < -0.4 is 9.47 Å². The van der Waals surface area contributed by atoms with Gasteiger partial charge in [-0.25, -0.2) is 0 Å². The number of rotatable bonds is 3. The third-order valence-corrected chi connectivity index (χ3v) is 3.50. The summed E-state index contributed by atoms with van der Waals surface area (Å²) in [6.07, 6.45) is 0.938. The maximum atomic E-state index is 9.40. The number of phenols is 1. The summed E-state index contributed by atoms with van der Waals surface area (Å²) < 4.78 is 12.4. The first-order chi connectivity index (χ1) is 9.22. The predicted molar refractivity (Wildman–Crippen MR) is 75.8 cm³/mol. The Morgan fingerprint density at radius 3 is 3.00 bits per heavy atom. The van der Waals surface area contributed by atoms with E-state index in [0.29, 0.717) is 12.4 Å². The molecule has 4 heteroatoms. The van der Waals surface area contributed by atoms with Crippen LogP contribution >= 0.6 is 15.9 Å². The lowest BCUT2D eigenvalue weighted by molar-refractivity contribution is 0.290. The summed E-state index contributed by atoms with van der Waals surface area (Å²) >= 11 is 3.50. The fourth-order valence-electron chi connectivity index (χ4n) is 2.19. The maximum absolute atomic E-state index is 9.40. The maximum Gasteiger partial charge on any atom is 0.129 e. The van der Waals surface area contributed by atoms with E-state index in [4.69, 9.17) is 9.47 Å². The van der Waals surface area contributed by atoms with Crippen LogP contribution in [0.1, 0.15) is 11.1 Å². The molecule has 0 amide bonds. The van der Waals surface area contributed by atoms with Gasteiger partial charge in [-0.3, -0.25) is 0 Å². The second-order valence-corrected chi connectivity index (χ2v) is 5.35. The zero-order chi connectivity index (χ0) is 13.2. The van der Waals surface area contributed by atoms with E-state index in [2.05, 4.69) is 22.0 Å². The molecule has 1 aliphatic heterocycles. The molecule has 0 atom stereocenters. The normalized spacial score (nSPS) is 12.9. The molecule has 1 heterocycles. The SMILES string of the molecule is Oc1cccc(OCc2cc(Br)cc3c2OCC3)c1. The van der Waals surface area contributed by atoms with Crippen LogP contribution in [0.25, 0.3) is 0 Å². The van der Waals surface area contributed by atoms with Gasteiger partial charge >= 0.3 is 0 Å². The molecule has 0 aromatic heterocycles. The van der Waals surface area contributed by atoms with E-state index < -0.39 is 0 Å². The van der Waals surface area contributed by atoms with E-state index in [0.717, 1.165) is 28.8 Å². The van der Waals surface area contributed by atoms with Crippen molar-refractivity contribution in [1.82, 2.24) is 0 Å². The fourth-order valence-corrected chi connectivity index (χ4v) is 2.74. The summed E-state index contributed by atoms with van der Waals surface area (Å²) in [6.45, 7) is 1.15. The minimum Gasteiger partial charge on any atom is -0.508 e. The Bertz CT molecular complexity index is 610. The number of fused-ring (bicyclic) bond motifs is 1. The highest BCUT2D eigenvalue weighted by Crippen LogP contribution is 2.33. The van der Waals surface area contributed by atoms with Crippen LogP contribution in [-0.2, 0) is 13.0 Å². The summed E-state index contributed by atoms with van der Waals surface area (Å²) in [5.74, 6) is 1.78. The molecule has 0 saturated carbocycles. The minimum atomic E-state index is 0.202. The van der Waals surface area contributed by atoms with Gasteiger partial charge in [0.05, 0.1) is 6.61 Å². The van der Waals surface area contributed by atoms with Crippen LogP contribution in [-0.4, -0.2) is 11.7 Å². The van der Waals surface area contributed by atoms with Gasteiger partial charge < -0.3 is 14.6 Å². The van der Waals surface area contributed by atoms with Crippen molar-refractivity contribution in [3.05, 3.63) is 52.0 Å². The molecule has 0 saturated heterocycles. The average molecular weight is 321 g/mol. The standard InChI is InChI=1S/C15H13BrO3/c16-12-6-10-4-5-18-15(10)11(7-12)9-19-14-3-1-2-13(17)8-14/h1-3,6-8,17H,4-5,9H2. The Kier molecular flexibility index (Phi) is 3.34. The molecule has 0 bridgehead atoms. The van der Waals surface area contributed by atoms with Crippen LogP contribution in [0.4, 0.5) is 0 Å². The lowest BCUT2D eigenvalue weighted by Gasteiger charge is -2.11. The summed E-state index contributed by atoms with van der Waals surface area (Å²) in [5.41, 5.74) is 2.23. The van der Waals surface area contributed by atoms with Crippen molar-refractivity contribution in [3.8, 4) is 17.2 Å². The topological polar surface area (TPSA) is 38.7 Å². The molecule has 0 spiro atoms. The van der Waals surface area contributed by atoms with Gasteiger partial charge in [-0.2, -0.15) is 0 Å². The smallest absolute Gasteiger partial charge is 0.129 e. The Morgan fingerprint density at radius 2 is 2.16 bits per heavy atom. The molecule has 0 fully saturated rings. The van der Waals surface area contributed by atoms with Crippen LogP contribution in [0.5, 0.6) is 17.2 Å². The van der Waals surface area contributed by atoms with E-state index >= 15 is 0 Å². The Hall–Kier alpha value is -1.68. The van der Waals surface area contributed by atoms with Gasteiger partial charge in [0.1, 0.15) is 23.9 Å². The molecule has 0 unspecified atom stereocenters. The quantitative estimate of drug-likeness (QED) is 0.937. The van der Waals surface area contributed by atoms with Crippen LogP contribution in [0.3, 0.4) is 0 Å². The molecule has 2 aromatic carbocycles. The van der Waals surface area contributed by atoms with Crippen molar-refractivity contribution in [2.24, 2.45) is 0 Å². The molecular weight excluding hydrogens is 308 g/mol. The molecule has 1 N–H and O–H groups in total. The Balaban J connectivity index is 1.81. The summed E-state index contributed by atoms with van der Waals surface area (Å²) in [5, 5.41) is 9.40. The lowest BCUT2D eigenvalue weighted by atomic mass is 10.1. The van der Waals surface area contributed by atoms with Gasteiger partial charge in [0.15, 0.2) is 0 Å². The van der Waals surface area contributed by atoms with E-state index in [-0.39, 0.29) is 5.75 Å². The van der Waals surface area contributed by atoms with E-state index in [1.807, 2.05) is 12.1 Å². The van der Waals surface area contributed by atoms with E-state index in [1.165, 1.54) is 5.56 Å². The predicted octanol–water partition coefficient (Wildman–Crippen LogP) is 3.67. The number of phenolic OH excluding ortho intramolecular Hbond substituents is 1. The van der Waals surface area contributed by atoms with Gasteiger partial charge in [0.25, 0.3) is 0 Å². The summed E-state index contributed by atoms with van der Waals surface area (Å²) in [7, 11) is 0. The zero-order valence-electron chi connectivity index (χ0n) is 10.2. The first-order valence-electron chi connectivity index (χ1n) is 6.08. The van der Waals surface area contributed by atoms with Gasteiger partial charge in [-0.1, -0.05) is 22.0 Å². The summed E-state index contributed by atoms with van der Waals surface area (Å²) in [6, 6.07) is 10.9. The van der Waals surface area contributed by atoms with Crippen molar-refractivity contribution in [2.75, 3.05) is 6.61 Å². The third kappa shape index (κ3) is 2.68. The number of ether oxygens (including phenoxy) is 2. The highest BCUT2D eigenvalue weighted by Gasteiger charge is 2.17. The lowest BCUT2D eigenvalue weighted by Crippen LogP contribution is -1.98. The van der Waals surface area contributed by atoms with Gasteiger partial charge in [-0.05, 0) is 29.8 Å². The van der Waals surface area contributed by atoms with Gasteiger partial charge in [-0.15, -0.1) is 0 Å². The first-order valence-corrected chi connectivity index (χ1v) is 6.87. The van der Waals surface area contributed by atoms with Crippen molar-refractivity contribution in [2.45, 2.75) is 13.0 Å². The average Bonchev–Trinajstić information content (AvgIpc) is 2.84. The second kappa shape index (κ2) is 5.13. The van der Waals surface area contributed by atoms with Crippen LogP contribution in [0.15, 0.2) is 40.9 Å². The van der Waals surface area contributed by atoms with E-state index in [9.17, 15) is 5.11 Å². The fraction of sp³-hybridized carbons (Fsp3) is 0.200. The van der Waals surface area contributed by atoms with E-state index in [1.54, 1.807) is 18.2 Å². The number of halogens is 1. The zero-order valence-corrected chi connectivity index (χ0v) is 11.8. The van der Waals surface area contributed by atoms with Crippen molar-refractivity contribution >= 4 is 15.9 Å². The van der Waals surface area contributed by atoms with Crippen molar-refractivity contribution in [1.29, 1.82) is 0 Å². The number of benzene rings is 2. The Morgan fingerprint density at radius 1 is 1.26 bits per heavy atom. The largest absolute Gasteiger partial charge is 0.508 e. The highest BCUT2D eigenvalue weighted by atomic mass is 79.9. The number of hydrogen-bond donors (Lipinski definition) is 1. The Labute approximate surface area is 119 Å². The van der Waals surface area contributed by atoms with Crippen molar-refractivity contribution < 1.29 is 14.6 Å². The minimum absolute atomic E-state index is 0.202.